The first-order valence-electron chi connectivity index (χ1n) is 5.39. The predicted octanol–water partition coefficient (Wildman–Crippen LogP) is 4.06. The number of hydrogen-bond donors (Lipinski definition) is 2. The number of benzene rings is 1. The molecule has 0 amide bonds. The van der Waals surface area contributed by atoms with Crippen molar-refractivity contribution in [1.29, 1.82) is 0 Å². The molecule has 0 aliphatic carbocycles. The topological polar surface area (TPSA) is 59.1 Å². The highest BCUT2D eigenvalue weighted by atomic mass is 79.9. The van der Waals surface area contributed by atoms with Gasteiger partial charge in [-0.15, -0.1) is 0 Å². The van der Waals surface area contributed by atoms with Crippen molar-refractivity contribution in [3.05, 3.63) is 44.5 Å². The lowest BCUT2D eigenvalue weighted by molar-refractivity contribution is 0.931. The summed E-state index contributed by atoms with van der Waals surface area (Å²) in [6.07, 6.45) is 0. The summed E-state index contributed by atoms with van der Waals surface area (Å²) < 4.78 is 3.09. The zero-order chi connectivity index (χ0) is 13.6. The van der Waals surface area contributed by atoms with Crippen LogP contribution >= 0.6 is 39.7 Å². The molecule has 4 nitrogen and oxygen atoms in total. The van der Waals surface area contributed by atoms with Crippen LogP contribution in [0.3, 0.4) is 0 Å². The number of hydrogen-bond acceptors (Lipinski definition) is 3. The number of anilines is 1. The monoisotopic (exact) mass is 354 g/mol. The molecule has 96 valence electrons. The van der Waals surface area contributed by atoms with E-state index >= 15 is 0 Å². The van der Waals surface area contributed by atoms with Gasteiger partial charge in [0.2, 0.25) is 0 Å². The minimum Gasteiger partial charge on any atom is -0.384 e. The molecule has 0 atom stereocenters. The van der Waals surface area contributed by atoms with Gasteiger partial charge in [-0.25, -0.2) is 9.50 Å². The van der Waals surface area contributed by atoms with E-state index in [2.05, 4.69) is 26.0 Å². The number of nitrogen functional groups attached to an aromatic ring is 1. The molecule has 0 bridgehead atoms. The molecule has 0 radical (unpaired) electrons. The van der Waals surface area contributed by atoms with Crippen LogP contribution in [0.2, 0.25) is 5.02 Å². The minimum atomic E-state index is 0.396. The standard InChI is InChI=1S/C12H8BrClN4S/c13-10-11(6-1-3-7(14)4-2-6)17-18-9(19)5-8(15)16-12(10)18/h1-5,17H,15H2. The Balaban J connectivity index is 2.31. The molecular formula is C12H8BrClN4S. The summed E-state index contributed by atoms with van der Waals surface area (Å²) in [6.45, 7) is 0. The van der Waals surface area contributed by atoms with Crippen LogP contribution in [-0.2, 0) is 0 Å². The van der Waals surface area contributed by atoms with Crippen LogP contribution < -0.4 is 5.73 Å². The average Bonchev–Trinajstić information content (AvgIpc) is 2.69. The minimum absolute atomic E-state index is 0.396. The Bertz CT molecular complexity index is 822. The highest BCUT2D eigenvalue weighted by Crippen LogP contribution is 2.31. The molecule has 0 fully saturated rings. The molecule has 0 saturated heterocycles. The second-order valence-electron chi connectivity index (χ2n) is 3.99. The molecule has 0 aliphatic heterocycles. The van der Waals surface area contributed by atoms with Crippen LogP contribution in [0.1, 0.15) is 0 Å². The summed E-state index contributed by atoms with van der Waals surface area (Å²) >= 11 is 14.7. The lowest BCUT2D eigenvalue weighted by Gasteiger charge is -1.98. The highest BCUT2D eigenvalue weighted by Gasteiger charge is 2.13. The van der Waals surface area contributed by atoms with E-state index < -0.39 is 0 Å². The number of aromatic amines is 1. The molecular weight excluding hydrogens is 348 g/mol. The van der Waals surface area contributed by atoms with E-state index in [0.717, 1.165) is 15.7 Å². The summed E-state index contributed by atoms with van der Waals surface area (Å²) in [4.78, 5) is 4.27. The first-order chi connectivity index (χ1) is 9.06. The van der Waals surface area contributed by atoms with E-state index in [4.69, 9.17) is 29.6 Å². The largest absolute Gasteiger partial charge is 0.384 e. The molecule has 0 saturated carbocycles. The van der Waals surface area contributed by atoms with Gasteiger partial charge in [0, 0.05) is 16.7 Å². The number of nitrogens with zero attached hydrogens (tertiary/aromatic N) is 2. The van der Waals surface area contributed by atoms with Gasteiger partial charge in [0.05, 0.1) is 10.2 Å². The first-order valence-corrected chi connectivity index (χ1v) is 6.97. The summed E-state index contributed by atoms with van der Waals surface area (Å²) in [5.41, 5.74) is 8.24. The first kappa shape index (κ1) is 12.7. The Morgan fingerprint density at radius 1 is 1.32 bits per heavy atom. The lowest BCUT2D eigenvalue weighted by atomic mass is 10.1. The maximum Gasteiger partial charge on any atom is 0.171 e. The fourth-order valence-electron chi connectivity index (χ4n) is 1.84. The highest BCUT2D eigenvalue weighted by molar-refractivity contribution is 9.10. The molecule has 0 spiro atoms. The van der Waals surface area contributed by atoms with Crippen LogP contribution in [0.5, 0.6) is 0 Å². The van der Waals surface area contributed by atoms with Crippen LogP contribution in [0, 0.1) is 4.64 Å². The van der Waals surface area contributed by atoms with Gasteiger partial charge in [0.15, 0.2) is 5.65 Å². The van der Waals surface area contributed by atoms with Crippen molar-refractivity contribution < 1.29 is 0 Å². The Morgan fingerprint density at radius 2 is 2.00 bits per heavy atom. The van der Waals surface area contributed by atoms with Crippen molar-refractivity contribution in [1.82, 2.24) is 14.6 Å². The van der Waals surface area contributed by atoms with E-state index in [-0.39, 0.29) is 0 Å². The van der Waals surface area contributed by atoms with Crippen molar-refractivity contribution in [2.45, 2.75) is 0 Å². The molecule has 1 aromatic carbocycles. The van der Waals surface area contributed by atoms with E-state index in [0.29, 0.717) is 21.1 Å². The number of aromatic nitrogens is 3. The number of nitrogens with one attached hydrogen (secondary N) is 1. The summed E-state index contributed by atoms with van der Waals surface area (Å²) in [6, 6.07) is 9.14. The number of fused-ring (bicyclic) bond motifs is 1. The molecule has 2 aromatic heterocycles. The number of rotatable bonds is 1. The van der Waals surface area contributed by atoms with Gasteiger partial charge in [-0.1, -0.05) is 36.0 Å². The fraction of sp³-hybridized carbons (Fsp3) is 0. The maximum absolute atomic E-state index is 5.89. The van der Waals surface area contributed by atoms with Gasteiger partial charge in [-0.3, -0.25) is 5.10 Å². The Labute approximate surface area is 127 Å². The van der Waals surface area contributed by atoms with Crippen LogP contribution in [0.15, 0.2) is 34.8 Å². The Hall–Kier alpha value is -1.37. The second-order valence-corrected chi connectivity index (χ2v) is 5.63. The van der Waals surface area contributed by atoms with Gasteiger partial charge in [0.25, 0.3) is 0 Å². The van der Waals surface area contributed by atoms with Crippen molar-refractivity contribution in [2.75, 3.05) is 5.73 Å². The Kier molecular flexibility index (Phi) is 3.08. The van der Waals surface area contributed by atoms with Crippen LogP contribution in [-0.4, -0.2) is 14.6 Å². The SMILES string of the molecule is Nc1cc(=S)n2[nH]c(-c3ccc(Cl)cc3)c(Br)c2n1. The molecule has 3 rings (SSSR count). The van der Waals surface area contributed by atoms with Gasteiger partial charge in [0.1, 0.15) is 10.5 Å². The van der Waals surface area contributed by atoms with E-state index in [1.165, 1.54) is 0 Å². The second kappa shape index (κ2) is 4.63. The van der Waals surface area contributed by atoms with Gasteiger partial charge in [-0.05, 0) is 28.1 Å². The van der Waals surface area contributed by atoms with E-state index in [1.54, 1.807) is 10.6 Å². The third-order valence-electron chi connectivity index (χ3n) is 2.71. The van der Waals surface area contributed by atoms with Crippen molar-refractivity contribution in [3.8, 4) is 11.3 Å². The molecule has 0 aliphatic rings. The van der Waals surface area contributed by atoms with E-state index in [1.807, 2.05) is 24.3 Å². The number of H-pyrrole nitrogens is 1. The predicted molar refractivity (Wildman–Crippen MR) is 82.9 cm³/mol. The normalized spacial score (nSPS) is 11.1. The van der Waals surface area contributed by atoms with Crippen LogP contribution in [0.25, 0.3) is 16.9 Å². The van der Waals surface area contributed by atoms with Gasteiger partial charge >= 0.3 is 0 Å². The third-order valence-corrected chi connectivity index (χ3v) is 4.01. The molecule has 2 heterocycles. The van der Waals surface area contributed by atoms with Crippen LogP contribution in [0.4, 0.5) is 5.82 Å². The van der Waals surface area contributed by atoms with Crippen molar-refractivity contribution in [3.63, 3.8) is 0 Å². The third kappa shape index (κ3) is 2.16. The maximum atomic E-state index is 5.89. The molecule has 3 aromatic rings. The Morgan fingerprint density at radius 3 is 2.68 bits per heavy atom. The summed E-state index contributed by atoms with van der Waals surface area (Å²) in [5.74, 6) is 0.396. The number of nitrogens with two attached hydrogens (primary N) is 1. The van der Waals surface area contributed by atoms with Gasteiger partial charge in [-0.2, -0.15) is 0 Å². The summed E-state index contributed by atoms with van der Waals surface area (Å²) in [7, 11) is 0. The molecule has 19 heavy (non-hydrogen) atoms. The van der Waals surface area contributed by atoms with Gasteiger partial charge < -0.3 is 5.73 Å². The van der Waals surface area contributed by atoms with Crippen molar-refractivity contribution >= 4 is 51.2 Å². The lowest BCUT2D eigenvalue weighted by Crippen LogP contribution is -1.96. The quantitative estimate of drug-likeness (QED) is 0.647. The summed E-state index contributed by atoms with van der Waals surface area (Å²) in [5, 5.41) is 3.89. The van der Waals surface area contributed by atoms with E-state index in [9.17, 15) is 0 Å². The zero-order valence-electron chi connectivity index (χ0n) is 9.52. The average molecular weight is 356 g/mol. The molecule has 7 heteroatoms. The fourth-order valence-corrected chi connectivity index (χ4v) is 2.80. The molecule has 0 unspecified atom stereocenters. The molecule has 3 N–H and O–H groups in total. The number of halogens is 2. The van der Waals surface area contributed by atoms with Crippen molar-refractivity contribution in [2.24, 2.45) is 0 Å². The smallest absolute Gasteiger partial charge is 0.171 e. The zero-order valence-corrected chi connectivity index (χ0v) is 12.7.